The highest BCUT2D eigenvalue weighted by Crippen LogP contribution is 2.42. The van der Waals surface area contributed by atoms with Gasteiger partial charge in [0.05, 0.1) is 0 Å². The molecule has 1 amide bonds. The largest absolute Gasteiger partial charge is 0.339 e. The van der Waals surface area contributed by atoms with Crippen molar-refractivity contribution in [1.82, 2.24) is 14.8 Å². The van der Waals surface area contributed by atoms with Crippen LogP contribution in [0.2, 0.25) is 0 Å². The number of likely N-dealkylation sites (tertiary alicyclic amines) is 2. The van der Waals surface area contributed by atoms with Crippen LogP contribution in [-0.4, -0.2) is 46.4 Å². The number of nitrogens with zero attached hydrogens (tertiary/aromatic N) is 3. The van der Waals surface area contributed by atoms with Crippen molar-refractivity contribution in [2.75, 3.05) is 19.6 Å². The number of benzene rings is 1. The first-order valence-electron chi connectivity index (χ1n) is 9.82. The van der Waals surface area contributed by atoms with E-state index in [0.29, 0.717) is 12.3 Å². The number of aromatic nitrogens is 1. The van der Waals surface area contributed by atoms with Gasteiger partial charge in [-0.1, -0.05) is 25.1 Å². The van der Waals surface area contributed by atoms with Crippen LogP contribution in [0.4, 0.5) is 4.39 Å². The lowest BCUT2D eigenvalue weighted by Crippen LogP contribution is -2.47. The number of rotatable bonds is 4. The molecule has 0 N–H and O–H groups in total. The fraction of sp³-hybridized carbons (Fsp3) is 0.455. The van der Waals surface area contributed by atoms with E-state index in [1.807, 2.05) is 31.3 Å². The van der Waals surface area contributed by atoms with Crippen LogP contribution in [0.1, 0.15) is 36.8 Å². The molecule has 0 unspecified atom stereocenters. The third kappa shape index (κ3) is 3.74. The van der Waals surface area contributed by atoms with E-state index < -0.39 is 0 Å². The molecule has 4 rings (SSSR count). The van der Waals surface area contributed by atoms with Crippen LogP contribution in [0.15, 0.2) is 48.8 Å². The molecule has 0 spiro atoms. The summed E-state index contributed by atoms with van der Waals surface area (Å²) in [5.41, 5.74) is 2.36. The second kappa shape index (κ2) is 7.77. The van der Waals surface area contributed by atoms with Crippen LogP contribution >= 0.6 is 0 Å². The molecule has 27 heavy (non-hydrogen) atoms. The van der Waals surface area contributed by atoms with E-state index in [9.17, 15) is 9.18 Å². The van der Waals surface area contributed by atoms with Crippen molar-refractivity contribution in [2.45, 2.75) is 38.3 Å². The molecule has 2 saturated heterocycles. The quantitative estimate of drug-likeness (QED) is 0.831. The first-order chi connectivity index (χ1) is 13.2. The first kappa shape index (κ1) is 18.1. The summed E-state index contributed by atoms with van der Waals surface area (Å²) in [6.45, 7) is 5.50. The summed E-state index contributed by atoms with van der Waals surface area (Å²) in [5.74, 6) is 0.672. The van der Waals surface area contributed by atoms with Crippen molar-refractivity contribution in [3.05, 3.63) is 65.7 Å². The van der Waals surface area contributed by atoms with Gasteiger partial charge in [-0.25, -0.2) is 4.39 Å². The van der Waals surface area contributed by atoms with Gasteiger partial charge in [0.15, 0.2) is 0 Å². The monoisotopic (exact) mass is 367 g/mol. The predicted octanol–water partition coefficient (Wildman–Crippen LogP) is 3.45. The second-order valence-corrected chi connectivity index (χ2v) is 7.67. The SMILES string of the molecule is CCC(=O)N1C[C@H](c2ccc(F)cc2)[C@H]2CN(Cc3cccnc3)CC[C@H]21. The Labute approximate surface area is 160 Å². The smallest absolute Gasteiger partial charge is 0.222 e. The molecule has 3 atom stereocenters. The van der Waals surface area contributed by atoms with E-state index in [-0.39, 0.29) is 23.7 Å². The van der Waals surface area contributed by atoms with Crippen LogP contribution in [0, 0.1) is 11.7 Å². The molecule has 3 heterocycles. The summed E-state index contributed by atoms with van der Waals surface area (Å²) in [5, 5.41) is 0. The maximum Gasteiger partial charge on any atom is 0.222 e. The molecule has 142 valence electrons. The van der Waals surface area contributed by atoms with Crippen molar-refractivity contribution in [3.63, 3.8) is 0 Å². The van der Waals surface area contributed by atoms with Gasteiger partial charge < -0.3 is 4.90 Å². The number of carbonyl (C=O) groups is 1. The van der Waals surface area contributed by atoms with E-state index in [4.69, 9.17) is 0 Å². The molecule has 2 aliphatic rings. The molecule has 2 aliphatic heterocycles. The highest BCUT2D eigenvalue weighted by atomic mass is 19.1. The number of amides is 1. The van der Waals surface area contributed by atoms with Gasteiger partial charge in [0.1, 0.15) is 5.82 Å². The van der Waals surface area contributed by atoms with E-state index in [2.05, 4.69) is 20.9 Å². The Hall–Kier alpha value is -2.27. The zero-order valence-electron chi connectivity index (χ0n) is 15.7. The van der Waals surface area contributed by atoms with Gasteiger partial charge in [0.2, 0.25) is 5.91 Å². The van der Waals surface area contributed by atoms with Crippen LogP contribution in [0.5, 0.6) is 0 Å². The molecule has 2 aromatic rings. The van der Waals surface area contributed by atoms with Gasteiger partial charge in [-0.05, 0) is 35.7 Å². The van der Waals surface area contributed by atoms with E-state index in [1.54, 1.807) is 6.20 Å². The van der Waals surface area contributed by atoms with Crippen LogP contribution in [0.25, 0.3) is 0 Å². The van der Waals surface area contributed by atoms with Crippen LogP contribution in [-0.2, 0) is 11.3 Å². The Bertz CT molecular complexity index is 780. The normalized spacial score (nSPS) is 25.4. The summed E-state index contributed by atoms with van der Waals surface area (Å²) >= 11 is 0. The molecule has 1 aromatic carbocycles. The fourth-order valence-electron chi connectivity index (χ4n) is 4.75. The van der Waals surface area contributed by atoms with Crippen molar-refractivity contribution < 1.29 is 9.18 Å². The summed E-state index contributed by atoms with van der Waals surface area (Å²) in [7, 11) is 0. The standard InChI is InChI=1S/C22H26FN3O/c1-2-22(27)26-15-19(17-5-7-18(23)8-6-17)20-14-25(11-9-21(20)26)13-16-4-3-10-24-12-16/h3-8,10,12,19-21H,2,9,11,13-15H2,1H3/t19-,20-,21-/m1/s1. The Morgan fingerprint density at radius 1 is 1.22 bits per heavy atom. The van der Waals surface area contributed by atoms with Gasteiger partial charge in [-0.3, -0.25) is 14.7 Å². The van der Waals surface area contributed by atoms with Crippen molar-refractivity contribution >= 4 is 5.91 Å². The molecular formula is C22H26FN3O. The van der Waals surface area contributed by atoms with Gasteiger partial charge in [-0.2, -0.15) is 0 Å². The Morgan fingerprint density at radius 2 is 2.04 bits per heavy atom. The number of hydrogen-bond donors (Lipinski definition) is 0. The van der Waals surface area contributed by atoms with E-state index in [1.165, 1.54) is 17.7 Å². The predicted molar refractivity (Wildman–Crippen MR) is 103 cm³/mol. The molecule has 0 bridgehead atoms. The number of carbonyl (C=O) groups excluding carboxylic acids is 1. The Balaban J connectivity index is 1.56. The summed E-state index contributed by atoms with van der Waals surface area (Å²) in [6, 6.07) is 11.2. The molecular weight excluding hydrogens is 341 g/mol. The third-order valence-electron chi connectivity index (χ3n) is 6.06. The second-order valence-electron chi connectivity index (χ2n) is 7.67. The summed E-state index contributed by atoms with van der Waals surface area (Å²) in [6.07, 6.45) is 5.25. The Kier molecular flexibility index (Phi) is 5.21. The maximum atomic E-state index is 13.4. The molecule has 0 saturated carbocycles. The van der Waals surface area contributed by atoms with Crippen LogP contribution < -0.4 is 0 Å². The number of hydrogen-bond acceptors (Lipinski definition) is 3. The third-order valence-corrected chi connectivity index (χ3v) is 6.06. The highest BCUT2D eigenvalue weighted by molar-refractivity contribution is 5.76. The average molecular weight is 367 g/mol. The van der Waals surface area contributed by atoms with E-state index in [0.717, 1.165) is 38.2 Å². The first-order valence-corrected chi connectivity index (χ1v) is 9.82. The summed E-state index contributed by atoms with van der Waals surface area (Å²) in [4.78, 5) is 21.3. The van der Waals surface area contributed by atoms with Crippen molar-refractivity contribution in [1.29, 1.82) is 0 Å². The number of fused-ring (bicyclic) bond motifs is 1. The Morgan fingerprint density at radius 3 is 2.74 bits per heavy atom. The minimum Gasteiger partial charge on any atom is -0.339 e. The van der Waals surface area contributed by atoms with Crippen LogP contribution in [0.3, 0.4) is 0 Å². The minimum absolute atomic E-state index is 0.211. The molecule has 5 heteroatoms. The lowest BCUT2D eigenvalue weighted by Gasteiger charge is -2.39. The molecule has 0 aliphatic carbocycles. The summed E-state index contributed by atoms with van der Waals surface area (Å²) < 4.78 is 13.4. The van der Waals surface area contributed by atoms with Gasteiger partial charge in [0, 0.05) is 62.9 Å². The molecule has 2 fully saturated rings. The highest BCUT2D eigenvalue weighted by Gasteiger charge is 2.46. The lowest BCUT2D eigenvalue weighted by molar-refractivity contribution is -0.132. The fourth-order valence-corrected chi connectivity index (χ4v) is 4.75. The average Bonchev–Trinajstić information content (AvgIpc) is 3.08. The minimum atomic E-state index is -0.211. The molecule has 0 radical (unpaired) electrons. The number of halogens is 1. The molecule has 1 aromatic heterocycles. The van der Waals surface area contributed by atoms with E-state index >= 15 is 0 Å². The van der Waals surface area contributed by atoms with Gasteiger partial charge >= 0.3 is 0 Å². The zero-order valence-corrected chi connectivity index (χ0v) is 15.7. The van der Waals surface area contributed by atoms with Gasteiger partial charge in [-0.15, -0.1) is 0 Å². The van der Waals surface area contributed by atoms with Crippen molar-refractivity contribution in [3.8, 4) is 0 Å². The molecule has 4 nitrogen and oxygen atoms in total. The zero-order chi connectivity index (χ0) is 18.8. The van der Waals surface area contributed by atoms with Crippen molar-refractivity contribution in [2.24, 2.45) is 5.92 Å². The van der Waals surface area contributed by atoms with Gasteiger partial charge in [0.25, 0.3) is 0 Å². The number of piperidine rings is 1. The lowest BCUT2D eigenvalue weighted by atomic mass is 9.81. The topological polar surface area (TPSA) is 36.4 Å². The number of pyridine rings is 1. The maximum absolute atomic E-state index is 13.4.